The summed E-state index contributed by atoms with van der Waals surface area (Å²) in [5, 5.41) is 11.7. The van der Waals surface area contributed by atoms with Crippen LogP contribution < -0.4 is 5.32 Å². The van der Waals surface area contributed by atoms with Gasteiger partial charge in [-0.2, -0.15) is 5.10 Å². The van der Waals surface area contributed by atoms with E-state index in [-0.39, 0.29) is 0 Å². The maximum Gasteiger partial charge on any atom is 0.103 e. The Morgan fingerprint density at radius 2 is 2.26 bits per heavy atom. The minimum Gasteiger partial charge on any atom is -0.469 e. The van der Waals surface area contributed by atoms with Crippen LogP contribution in [0.5, 0.6) is 0 Å². The van der Waals surface area contributed by atoms with Crippen molar-refractivity contribution in [2.24, 2.45) is 0 Å². The van der Waals surface area contributed by atoms with Gasteiger partial charge in [0.05, 0.1) is 18.0 Å². The Hall–Kier alpha value is -2.23. The molecule has 0 spiro atoms. The highest BCUT2D eigenvalue weighted by atomic mass is 16.3. The van der Waals surface area contributed by atoms with E-state index in [4.69, 9.17) is 4.42 Å². The molecule has 0 aliphatic carbocycles. The van der Waals surface area contributed by atoms with E-state index in [9.17, 15) is 0 Å². The second kappa shape index (κ2) is 5.18. The highest BCUT2D eigenvalue weighted by Gasteiger charge is 2.07. The van der Waals surface area contributed by atoms with E-state index in [1.165, 1.54) is 0 Å². The Morgan fingerprint density at radius 1 is 1.32 bits per heavy atom. The second-order valence-electron chi connectivity index (χ2n) is 4.80. The number of nitrogens with zero attached hydrogens (tertiary/aromatic N) is 1. The molecule has 0 saturated carbocycles. The SMILES string of the molecule is CC(CCc1ccco1)Nc1cccc2[nH]ncc12. The van der Waals surface area contributed by atoms with Crippen molar-refractivity contribution in [1.29, 1.82) is 0 Å². The number of hydrogen-bond acceptors (Lipinski definition) is 3. The van der Waals surface area contributed by atoms with E-state index in [1.807, 2.05) is 30.5 Å². The molecule has 0 fully saturated rings. The third-order valence-electron chi connectivity index (χ3n) is 3.29. The summed E-state index contributed by atoms with van der Waals surface area (Å²) >= 11 is 0. The molecule has 98 valence electrons. The number of nitrogens with one attached hydrogen (secondary N) is 2. The number of anilines is 1. The van der Waals surface area contributed by atoms with Crippen LogP contribution in [0.1, 0.15) is 19.1 Å². The molecule has 4 nitrogen and oxygen atoms in total. The maximum absolute atomic E-state index is 5.35. The summed E-state index contributed by atoms with van der Waals surface area (Å²) < 4.78 is 5.35. The molecule has 3 rings (SSSR count). The summed E-state index contributed by atoms with van der Waals surface area (Å²) in [6, 6.07) is 10.5. The topological polar surface area (TPSA) is 53.9 Å². The molecule has 1 aromatic carbocycles. The van der Waals surface area contributed by atoms with Crippen molar-refractivity contribution in [2.75, 3.05) is 5.32 Å². The number of aromatic amines is 1. The summed E-state index contributed by atoms with van der Waals surface area (Å²) in [6.07, 6.45) is 5.56. The van der Waals surface area contributed by atoms with Gasteiger partial charge in [0.2, 0.25) is 0 Å². The smallest absolute Gasteiger partial charge is 0.103 e. The predicted octanol–water partition coefficient (Wildman–Crippen LogP) is 3.59. The van der Waals surface area contributed by atoms with Crippen LogP contribution in [-0.4, -0.2) is 16.2 Å². The highest BCUT2D eigenvalue weighted by molar-refractivity contribution is 5.90. The Morgan fingerprint density at radius 3 is 3.11 bits per heavy atom. The number of aryl methyl sites for hydroxylation is 1. The molecule has 2 N–H and O–H groups in total. The number of rotatable bonds is 5. The normalized spacial score (nSPS) is 12.7. The van der Waals surface area contributed by atoms with Gasteiger partial charge >= 0.3 is 0 Å². The third kappa shape index (κ3) is 2.62. The number of fused-ring (bicyclic) bond motifs is 1. The minimum absolute atomic E-state index is 0.380. The van der Waals surface area contributed by atoms with Crippen LogP contribution in [0.2, 0.25) is 0 Å². The summed E-state index contributed by atoms with van der Waals surface area (Å²) in [6.45, 7) is 2.18. The predicted molar refractivity (Wildman–Crippen MR) is 76.2 cm³/mol. The molecule has 3 aromatic rings. The standard InChI is InChI=1S/C15H17N3O/c1-11(7-8-12-4-3-9-19-12)17-14-5-2-6-15-13(14)10-16-18-15/h2-6,9-11,17H,7-8H2,1H3,(H,16,18). The van der Waals surface area contributed by atoms with Crippen molar-refractivity contribution in [2.45, 2.75) is 25.8 Å². The van der Waals surface area contributed by atoms with Crippen LogP contribution in [0.4, 0.5) is 5.69 Å². The first-order valence-corrected chi connectivity index (χ1v) is 6.54. The van der Waals surface area contributed by atoms with Gasteiger partial charge in [-0.3, -0.25) is 5.10 Å². The number of benzene rings is 1. The lowest BCUT2D eigenvalue weighted by molar-refractivity contribution is 0.495. The lowest BCUT2D eigenvalue weighted by atomic mass is 10.1. The zero-order valence-corrected chi connectivity index (χ0v) is 10.9. The molecule has 2 aromatic heterocycles. The lowest BCUT2D eigenvalue weighted by Crippen LogP contribution is -2.15. The van der Waals surface area contributed by atoms with Gasteiger partial charge < -0.3 is 9.73 Å². The van der Waals surface area contributed by atoms with Gasteiger partial charge in [0.15, 0.2) is 0 Å². The fraction of sp³-hybridized carbons (Fsp3) is 0.267. The molecule has 0 bridgehead atoms. The highest BCUT2D eigenvalue weighted by Crippen LogP contribution is 2.22. The fourth-order valence-corrected chi connectivity index (χ4v) is 2.25. The van der Waals surface area contributed by atoms with Crippen LogP contribution >= 0.6 is 0 Å². The Labute approximate surface area is 111 Å². The number of furan rings is 1. The molecular weight excluding hydrogens is 238 g/mol. The quantitative estimate of drug-likeness (QED) is 0.732. The first-order chi connectivity index (χ1) is 9.33. The monoisotopic (exact) mass is 255 g/mol. The average Bonchev–Trinajstić information content (AvgIpc) is 3.08. The molecule has 2 heterocycles. The largest absolute Gasteiger partial charge is 0.469 e. The van der Waals surface area contributed by atoms with Crippen LogP contribution in [0.15, 0.2) is 47.2 Å². The third-order valence-corrected chi connectivity index (χ3v) is 3.29. The Kier molecular flexibility index (Phi) is 3.23. The number of aromatic nitrogens is 2. The van der Waals surface area contributed by atoms with Gasteiger partial charge in [-0.15, -0.1) is 0 Å². The van der Waals surface area contributed by atoms with Crippen molar-refractivity contribution in [3.63, 3.8) is 0 Å². The Bertz CT molecular complexity index is 642. The molecule has 0 aliphatic rings. The summed E-state index contributed by atoms with van der Waals surface area (Å²) in [5.74, 6) is 1.04. The molecule has 1 atom stereocenters. The molecule has 19 heavy (non-hydrogen) atoms. The second-order valence-corrected chi connectivity index (χ2v) is 4.80. The van der Waals surface area contributed by atoms with Crippen LogP contribution in [-0.2, 0) is 6.42 Å². The van der Waals surface area contributed by atoms with Crippen molar-refractivity contribution >= 4 is 16.6 Å². The maximum atomic E-state index is 5.35. The Balaban J connectivity index is 1.65. The zero-order chi connectivity index (χ0) is 13.1. The summed E-state index contributed by atoms with van der Waals surface area (Å²) in [4.78, 5) is 0. The van der Waals surface area contributed by atoms with Gasteiger partial charge in [0.25, 0.3) is 0 Å². The molecular formula is C15H17N3O. The summed E-state index contributed by atoms with van der Waals surface area (Å²) in [5.41, 5.74) is 2.18. The van der Waals surface area contributed by atoms with Gasteiger partial charge in [-0.1, -0.05) is 6.07 Å². The molecule has 0 saturated heterocycles. The first-order valence-electron chi connectivity index (χ1n) is 6.54. The number of H-pyrrole nitrogens is 1. The van der Waals surface area contributed by atoms with E-state index in [2.05, 4.69) is 28.5 Å². The van der Waals surface area contributed by atoms with E-state index in [0.29, 0.717) is 6.04 Å². The average molecular weight is 255 g/mol. The lowest BCUT2D eigenvalue weighted by Gasteiger charge is -2.15. The van der Waals surface area contributed by atoms with Gasteiger partial charge in [-0.05, 0) is 37.6 Å². The summed E-state index contributed by atoms with van der Waals surface area (Å²) in [7, 11) is 0. The zero-order valence-electron chi connectivity index (χ0n) is 10.9. The molecule has 4 heteroatoms. The molecule has 1 unspecified atom stereocenters. The van der Waals surface area contributed by atoms with Gasteiger partial charge in [0, 0.05) is 23.5 Å². The minimum atomic E-state index is 0.380. The van der Waals surface area contributed by atoms with E-state index < -0.39 is 0 Å². The van der Waals surface area contributed by atoms with E-state index in [0.717, 1.165) is 35.2 Å². The van der Waals surface area contributed by atoms with Crippen LogP contribution in [0.3, 0.4) is 0 Å². The van der Waals surface area contributed by atoms with E-state index in [1.54, 1.807) is 6.26 Å². The molecule has 0 radical (unpaired) electrons. The van der Waals surface area contributed by atoms with Crippen molar-refractivity contribution in [3.8, 4) is 0 Å². The number of hydrogen-bond donors (Lipinski definition) is 2. The molecule has 0 amide bonds. The van der Waals surface area contributed by atoms with Crippen molar-refractivity contribution in [1.82, 2.24) is 10.2 Å². The van der Waals surface area contributed by atoms with Crippen molar-refractivity contribution in [3.05, 3.63) is 48.6 Å². The first kappa shape index (κ1) is 11.8. The van der Waals surface area contributed by atoms with Gasteiger partial charge in [-0.25, -0.2) is 0 Å². The van der Waals surface area contributed by atoms with E-state index >= 15 is 0 Å². The fourth-order valence-electron chi connectivity index (χ4n) is 2.25. The molecule has 0 aliphatic heterocycles. The van der Waals surface area contributed by atoms with Crippen molar-refractivity contribution < 1.29 is 4.42 Å². The van der Waals surface area contributed by atoms with Crippen LogP contribution in [0, 0.1) is 0 Å². The van der Waals surface area contributed by atoms with Gasteiger partial charge in [0.1, 0.15) is 5.76 Å². The van der Waals surface area contributed by atoms with Crippen LogP contribution in [0.25, 0.3) is 10.9 Å².